The van der Waals surface area contributed by atoms with Crippen LogP contribution in [-0.4, -0.2) is 29.7 Å². The van der Waals surface area contributed by atoms with Crippen molar-refractivity contribution < 1.29 is 4.74 Å². The molecule has 0 aliphatic carbocycles. The third-order valence-electron chi connectivity index (χ3n) is 3.92. The maximum atomic E-state index is 5.82. The first-order valence-corrected chi connectivity index (χ1v) is 7.18. The maximum absolute atomic E-state index is 5.82. The molecule has 1 fully saturated rings. The van der Waals surface area contributed by atoms with Gasteiger partial charge in [-0.05, 0) is 53.0 Å². The Morgan fingerprint density at radius 3 is 2.56 bits per heavy atom. The predicted molar refractivity (Wildman–Crippen MR) is 78.6 cm³/mol. The molecule has 0 aromatic heterocycles. The molecule has 0 amide bonds. The van der Waals surface area contributed by atoms with E-state index in [0.717, 1.165) is 32.4 Å². The van der Waals surface area contributed by atoms with Gasteiger partial charge in [-0.15, -0.1) is 0 Å². The SMILES string of the molecule is C=C/C(=C(/C)CC)N(CC)C1CCOC(C)(C)C1. The molecule has 1 unspecified atom stereocenters. The van der Waals surface area contributed by atoms with Gasteiger partial charge in [0, 0.05) is 24.9 Å². The van der Waals surface area contributed by atoms with Gasteiger partial charge in [0.25, 0.3) is 0 Å². The van der Waals surface area contributed by atoms with Crippen LogP contribution in [0.2, 0.25) is 0 Å². The van der Waals surface area contributed by atoms with Gasteiger partial charge in [-0.2, -0.15) is 0 Å². The molecule has 18 heavy (non-hydrogen) atoms. The summed E-state index contributed by atoms with van der Waals surface area (Å²) in [6, 6.07) is 0.577. The molecular weight excluding hydrogens is 222 g/mol. The molecule has 2 heteroatoms. The summed E-state index contributed by atoms with van der Waals surface area (Å²) in [4.78, 5) is 2.51. The lowest BCUT2D eigenvalue weighted by Crippen LogP contribution is -2.45. The van der Waals surface area contributed by atoms with Crippen molar-refractivity contribution in [2.45, 2.75) is 65.5 Å². The summed E-state index contributed by atoms with van der Waals surface area (Å²) >= 11 is 0. The van der Waals surface area contributed by atoms with Crippen molar-refractivity contribution in [3.05, 3.63) is 23.9 Å². The standard InChI is InChI=1S/C16H29NO/c1-7-13(4)15(8-2)17(9-3)14-10-11-18-16(5,6)12-14/h8,14H,2,7,9-12H2,1,3-6H3/b15-13+. The molecular formula is C16H29NO. The highest BCUT2D eigenvalue weighted by atomic mass is 16.5. The van der Waals surface area contributed by atoms with Crippen LogP contribution in [0.1, 0.15) is 53.9 Å². The smallest absolute Gasteiger partial charge is 0.0646 e. The Kier molecular flexibility index (Phi) is 5.46. The summed E-state index contributed by atoms with van der Waals surface area (Å²) in [5.41, 5.74) is 2.75. The summed E-state index contributed by atoms with van der Waals surface area (Å²) in [5.74, 6) is 0. The first kappa shape index (κ1) is 15.3. The topological polar surface area (TPSA) is 12.5 Å². The van der Waals surface area contributed by atoms with E-state index in [-0.39, 0.29) is 5.60 Å². The Morgan fingerprint density at radius 2 is 2.11 bits per heavy atom. The molecule has 1 rings (SSSR count). The van der Waals surface area contributed by atoms with Crippen molar-refractivity contribution in [1.29, 1.82) is 0 Å². The van der Waals surface area contributed by atoms with Crippen molar-refractivity contribution in [2.75, 3.05) is 13.2 Å². The van der Waals surface area contributed by atoms with Crippen LogP contribution in [0.3, 0.4) is 0 Å². The minimum atomic E-state index is 0.00271. The minimum Gasteiger partial charge on any atom is -0.375 e. The number of nitrogens with zero attached hydrogens (tertiary/aromatic N) is 1. The van der Waals surface area contributed by atoms with Crippen molar-refractivity contribution in [2.24, 2.45) is 0 Å². The van der Waals surface area contributed by atoms with E-state index in [1.165, 1.54) is 11.3 Å². The highest BCUT2D eigenvalue weighted by Crippen LogP contribution is 2.30. The first-order chi connectivity index (χ1) is 8.45. The number of allylic oxidation sites excluding steroid dienone is 2. The van der Waals surface area contributed by atoms with Gasteiger partial charge in [-0.1, -0.05) is 19.1 Å². The van der Waals surface area contributed by atoms with Gasteiger partial charge in [0.15, 0.2) is 0 Å². The zero-order chi connectivity index (χ0) is 13.8. The summed E-state index contributed by atoms with van der Waals surface area (Å²) in [7, 11) is 0. The molecule has 1 aliphatic heterocycles. The van der Waals surface area contributed by atoms with Crippen molar-refractivity contribution in [3.63, 3.8) is 0 Å². The second kappa shape index (κ2) is 6.42. The highest BCUT2D eigenvalue weighted by Gasteiger charge is 2.32. The number of likely N-dealkylation sites (N-methyl/N-ethyl adjacent to an activating group) is 1. The molecule has 0 radical (unpaired) electrons. The van der Waals surface area contributed by atoms with Gasteiger partial charge >= 0.3 is 0 Å². The summed E-state index contributed by atoms with van der Waals surface area (Å²) in [5, 5.41) is 0. The molecule has 1 heterocycles. The van der Waals surface area contributed by atoms with E-state index in [0.29, 0.717) is 6.04 Å². The van der Waals surface area contributed by atoms with Crippen LogP contribution in [0.4, 0.5) is 0 Å². The summed E-state index contributed by atoms with van der Waals surface area (Å²) < 4.78 is 5.82. The van der Waals surface area contributed by atoms with Gasteiger partial charge in [0.1, 0.15) is 0 Å². The summed E-state index contributed by atoms with van der Waals surface area (Å²) in [6.45, 7) is 16.9. The number of ether oxygens (including phenoxy) is 1. The van der Waals surface area contributed by atoms with Crippen LogP contribution >= 0.6 is 0 Å². The zero-order valence-corrected chi connectivity index (χ0v) is 12.8. The lowest BCUT2D eigenvalue weighted by Gasteiger charge is -2.43. The van der Waals surface area contributed by atoms with Gasteiger partial charge in [0.05, 0.1) is 5.60 Å². The van der Waals surface area contributed by atoms with Crippen LogP contribution in [0.15, 0.2) is 23.9 Å². The lowest BCUT2D eigenvalue weighted by molar-refractivity contribution is -0.0778. The zero-order valence-electron chi connectivity index (χ0n) is 12.8. The Hall–Kier alpha value is -0.760. The van der Waals surface area contributed by atoms with E-state index in [9.17, 15) is 0 Å². The Bertz CT molecular complexity index is 317. The molecule has 2 nitrogen and oxygen atoms in total. The predicted octanol–water partition coefficient (Wildman–Crippen LogP) is 4.14. The van der Waals surface area contributed by atoms with Crippen LogP contribution in [0.25, 0.3) is 0 Å². The molecule has 1 aliphatic rings. The Morgan fingerprint density at radius 1 is 1.44 bits per heavy atom. The van der Waals surface area contributed by atoms with Gasteiger partial charge in [-0.3, -0.25) is 0 Å². The third kappa shape index (κ3) is 3.61. The van der Waals surface area contributed by atoms with E-state index in [2.05, 4.69) is 46.1 Å². The highest BCUT2D eigenvalue weighted by molar-refractivity contribution is 5.22. The second-order valence-corrected chi connectivity index (χ2v) is 5.76. The van der Waals surface area contributed by atoms with E-state index >= 15 is 0 Å². The van der Waals surface area contributed by atoms with E-state index < -0.39 is 0 Å². The van der Waals surface area contributed by atoms with Gasteiger partial charge < -0.3 is 9.64 Å². The Labute approximate surface area is 113 Å². The largest absolute Gasteiger partial charge is 0.375 e. The van der Waals surface area contributed by atoms with E-state index in [4.69, 9.17) is 4.74 Å². The molecule has 0 bridgehead atoms. The average molecular weight is 251 g/mol. The molecule has 0 aromatic carbocycles. The number of rotatable bonds is 5. The number of hydrogen-bond acceptors (Lipinski definition) is 2. The van der Waals surface area contributed by atoms with Crippen molar-refractivity contribution in [3.8, 4) is 0 Å². The first-order valence-electron chi connectivity index (χ1n) is 7.18. The number of hydrogen-bond donors (Lipinski definition) is 0. The van der Waals surface area contributed by atoms with Gasteiger partial charge in [0.2, 0.25) is 0 Å². The molecule has 104 valence electrons. The maximum Gasteiger partial charge on any atom is 0.0646 e. The van der Waals surface area contributed by atoms with Crippen LogP contribution in [-0.2, 0) is 4.74 Å². The normalized spacial score (nSPS) is 24.4. The molecule has 0 saturated carbocycles. The van der Waals surface area contributed by atoms with Crippen LogP contribution < -0.4 is 0 Å². The third-order valence-corrected chi connectivity index (χ3v) is 3.92. The molecule has 1 atom stereocenters. The summed E-state index contributed by atoms with van der Waals surface area (Å²) in [6.07, 6.45) is 5.32. The fraction of sp³-hybridized carbons (Fsp3) is 0.750. The average Bonchev–Trinajstić information content (AvgIpc) is 2.33. The molecule has 0 spiro atoms. The van der Waals surface area contributed by atoms with Crippen LogP contribution in [0.5, 0.6) is 0 Å². The fourth-order valence-corrected chi connectivity index (χ4v) is 2.81. The van der Waals surface area contributed by atoms with Crippen molar-refractivity contribution in [1.82, 2.24) is 4.90 Å². The van der Waals surface area contributed by atoms with Gasteiger partial charge in [-0.25, -0.2) is 0 Å². The fourth-order valence-electron chi connectivity index (χ4n) is 2.81. The van der Waals surface area contributed by atoms with Crippen molar-refractivity contribution >= 4 is 0 Å². The van der Waals surface area contributed by atoms with Crippen LogP contribution in [0, 0.1) is 0 Å². The minimum absolute atomic E-state index is 0.00271. The monoisotopic (exact) mass is 251 g/mol. The molecule has 1 saturated heterocycles. The second-order valence-electron chi connectivity index (χ2n) is 5.76. The molecule has 0 N–H and O–H groups in total. The lowest BCUT2D eigenvalue weighted by atomic mass is 9.92. The van der Waals surface area contributed by atoms with E-state index in [1.54, 1.807) is 0 Å². The Balaban J connectivity index is 2.92. The quantitative estimate of drug-likeness (QED) is 0.681. The van der Waals surface area contributed by atoms with E-state index in [1.807, 2.05) is 6.08 Å². The molecule has 0 aromatic rings.